The number of amides is 1. The second-order valence-corrected chi connectivity index (χ2v) is 9.12. The van der Waals surface area contributed by atoms with Gasteiger partial charge in [0.2, 0.25) is 0 Å². The molecule has 2 heterocycles. The molecular formula is C20H29N3O3. The van der Waals surface area contributed by atoms with Crippen molar-refractivity contribution in [3.8, 4) is 0 Å². The number of carbonyl (C=O) groups is 1. The third kappa shape index (κ3) is 3.18. The standard InChI is InChI=1S/C20H29N3O3/c24-16-1-3-23(4-2-16)11-17-10-18(22-26-17)20(25)21-19-14-6-12-5-13(8-14)9-15(19)7-12/h10,12-16,19,24H,1-9,11H2,(H,21,25). The second-order valence-electron chi connectivity index (χ2n) is 9.12. The van der Waals surface area contributed by atoms with Crippen molar-refractivity contribution in [1.29, 1.82) is 0 Å². The van der Waals surface area contributed by atoms with Gasteiger partial charge in [0.1, 0.15) is 0 Å². The van der Waals surface area contributed by atoms with Crippen LogP contribution in [0.5, 0.6) is 0 Å². The number of hydrogen-bond acceptors (Lipinski definition) is 5. The molecule has 0 spiro atoms. The summed E-state index contributed by atoms with van der Waals surface area (Å²) in [7, 11) is 0. The minimum Gasteiger partial charge on any atom is -0.393 e. The van der Waals surface area contributed by atoms with Crippen LogP contribution in [0.4, 0.5) is 0 Å². The lowest BCUT2D eigenvalue weighted by Crippen LogP contribution is -2.55. The van der Waals surface area contributed by atoms with Gasteiger partial charge in [-0.1, -0.05) is 5.16 Å². The quantitative estimate of drug-likeness (QED) is 0.862. The Kier molecular flexibility index (Phi) is 4.28. The molecule has 4 aliphatic carbocycles. The fraction of sp³-hybridized carbons (Fsp3) is 0.800. The molecule has 142 valence electrons. The van der Waals surface area contributed by atoms with Gasteiger partial charge in [-0.25, -0.2) is 0 Å². The van der Waals surface area contributed by atoms with E-state index in [9.17, 15) is 9.90 Å². The summed E-state index contributed by atoms with van der Waals surface area (Å²) in [5.74, 6) is 3.81. The highest BCUT2D eigenvalue weighted by atomic mass is 16.5. The van der Waals surface area contributed by atoms with Crippen LogP contribution in [0.25, 0.3) is 0 Å². The molecule has 26 heavy (non-hydrogen) atoms. The van der Waals surface area contributed by atoms with E-state index in [1.165, 1.54) is 32.1 Å². The zero-order chi connectivity index (χ0) is 17.7. The van der Waals surface area contributed by atoms with Crippen molar-refractivity contribution in [1.82, 2.24) is 15.4 Å². The summed E-state index contributed by atoms with van der Waals surface area (Å²) in [6.45, 7) is 2.37. The van der Waals surface area contributed by atoms with Gasteiger partial charge >= 0.3 is 0 Å². The fourth-order valence-electron chi connectivity index (χ4n) is 6.18. The van der Waals surface area contributed by atoms with Crippen LogP contribution >= 0.6 is 0 Å². The van der Waals surface area contributed by atoms with Gasteiger partial charge in [0.05, 0.1) is 12.6 Å². The van der Waals surface area contributed by atoms with Crippen LogP contribution in [0.1, 0.15) is 61.2 Å². The van der Waals surface area contributed by atoms with Crippen LogP contribution < -0.4 is 5.32 Å². The molecule has 6 nitrogen and oxygen atoms in total. The number of aliphatic hydroxyl groups excluding tert-OH is 1. The number of aromatic nitrogens is 1. The first-order valence-corrected chi connectivity index (χ1v) is 10.3. The van der Waals surface area contributed by atoms with Crippen LogP contribution in [0.3, 0.4) is 0 Å². The van der Waals surface area contributed by atoms with E-state index in [-0.39, 0.29) is 12.0 Å². The van der Waals surface area contributed by atoms with E-state index in [1.807, 2.05) is 0 Å². The van der Waals surface area contributed by atoms with E-state index in [4.69, 9.17) is 4.52 Å². The summed E-state index contributed by atoms with van der Waals surface area (Å²) in [6.07, 6.45) is 8.02. The largest absolute Gasteiger partial charge is 0.393 e. The molecule has 6 rings (SSSR count). The Balaban J connectivity index is 1.19. The van der Waals surface area contributed by atoms with Crippen molar-refractivity contribution < 1.29 is 14.4 Å². The van der Waals surface area contributed by atoms with Gasteiger partial charge in [-0.3, -0.25) is 9.69 Å². The van der Waals surface area contributed by atoms with Gasteiger partial charge in [0.15, 0.2) is 11.5 Å². The maximum absolute atomic E-state index is 12.7. The van der Waals surface area contributed by atoms with Crippen LogP contribution in [-0.2, 0) is 6.54 Å². The zero-order valence-corrected chi connectivity index (χ0v) is 15.3. The highest BCUT2D eigenvalue weighted by molar-refractivity contribution is 5.92. The number of likely N-dealkylation sites (tertiary alicyclic amines) is 1. The first-order chi connectivity index (χ1) is 12.6. The number of carbonyl (C=O) groups excluding carboxylic acids is 1. The summed E-state index contributed by atoms with van der Waals surface area (Å²) < 4.78 is 5.41. The molecule has 1 amide bonds. The number of nitrogens with zero attached hydrogens (tertiary/aromatic N) is 2. The maximum atomic E-state index is 12.7. The topological polar surface area (TPSA) is 78.6 Å². The third-order valence-electron chi connectivity index (χ3n) is 7.25. The average molecular weight is 359 g/mol. The van der Waals surface area contributed by atoms with Crippen LogP contribution in [0.2, 0.25) is 0 Å². The molecule has 4 saturated carbocycles. The SMILES string of the molecule is O=C(NC1C2CC3CC(C2)CC1C3)c1cc(CN2CCC(O)CC2)on1. The molecule has 4 bridgehead atoms. The highest BCUT2D eigenvalue weighted by Gasteiger charge is 2.48. The van der Waals surface area contributed by atoms with E-state index >= 15 is 0 Å². The molecule has 5 fully saturated rings. The predicted molar refractivity (Wildman–Crippen MR) is 95.3 cm³/mol. The third-order valence-corrected chi connectivity index (χ3v) is 7.25. The van der Waals surface area contributed by atoms with Crippen molar-refractivity contribution in [2.24, 2.45) is 23.7 Å². The van der Waals surface area contributed by atoms with Crippen molar-refractivity contribution in [3.63, 3.8) is 0 Å². The number of rotatable bonds is 4. The molecule has 0 radical (unpaired) electrons. The predicted octanol–water partition coefficient (Wildman–Crippen LogP) is 2.19. The Labute approximate surface area is 154 Å². The Bertz CT molecular complexity index is 637. The average Bonchev–Trinajstić information content (AvgIpc) is 3.08. The lowest BCUT2D eigenvalue weighted by Gasteiger charge is -2.54. The van der Waals surface area contributed by atoms with E-state index in [1.54, 1.807) is 6.07 Å². The van der Waals surface area contributed by atoms with Crippen LogP contribution in [0.15, 0.2) is 10.6 Å². The smallest absolute Gasteiger partial charge is 0.273 e. The number of piperidine rings is 1. The molecule has 1 aromatic heterocycles. The Morgan fingerprint density at radius 1 is 1.15 bits per heavy atom. The van der Waals surface area contributed by atoms with Crippen LogP contribution in [0, 0.1) is 23.7 Å². The zero-order valence-electron chi connectivity index (χ0n) is 15.3. The summed E-state index contributed by atoms with van der Waals surface area (Å²) in [4.78, 5) is 14.9. The number of aliphatic hydroxyl groups is 1. The van der Waals surface area contributed by atoms with E-state index in [2.05, 4.69) is 15.4 Å². The summed E-state index contributed by atoms with van der Waals surface area (Å²) in [5, 5.41) is 16.9. The first kappa shape index (κ1) is 16.8. The van der Waals surface area contributed by atoms with Gasteiger partial charge < -0.3 is 14.9 Å². The lowest BCUT2D eigenvalue weighted by molar-refractivity contribution is -0.0120. The summed E-state index contributed by atoms with van der Waals surface area (Å²) in [6, 6.07) is 2.12. The van der Waals surface area contributed by atoms with Crippen molar-refractivity contribution in [2.45, 2.75) is 63.6 Å². The molecular weight excluding hydrogens is 330 g/mol. The van der Waals surface area contributed by atoms with E-state index in [0.29, 0.717) is 30.1 Å². The van der Waals surface area contributed by atoms with E-state index in [0.717, 1.165) is 43.5 Å². The molecule has 0 atom stereocenters. The van der Waals surface area contributed by atoms with Gasteiger partial charge in [-0.05, 0) is 68.6 Å². The fourth-order valence-corrected chi connectivity index (χ4v) is 6.18. The van der Waals surface area contributed by atoms with Gasteiger partial charge in [-0.2, -0.15) is 0 Å². The van der Waals surface area contributed by atoms with Gasteiger partial charge in [0, 0.05) is 25.2 Å². The maximum Gasteiger partial charge on any atom is 0.273 e. The van der Waals surface area contributed by atoms with Crippen molar-refractivity contribution in [2.75, 3.05) is 13.1 Å². The van der Waals surface area contributed by atoms with E-state index < -0.39 is 0 Å². The van der Waals surface area contributed by atoms with Gasteiger partial charge in [0.25, 0.3) is 5.91 Å². The minimum absolute atomic E-state index is 0.0773. The van der Waals surface area contributed by atoms with Crippen molar-refractivity contribution in [3.05, 3.63) is 17.5 Å². The molecule has 1 aromatic rings. The minimum atomic E-state index is -0.178. The molecule has 0 unspecified atom stereocenters. The normalized spacial score (nSPS) is 37.2. The molecule has 1 saturated heterocycles. The Morgan fingerprint density at radius 2 is 1.81 bits per heavy atom. The van der Waals surface area contributed by atoms with Crippen molar-refractivity contribution >= 4 is 5.91 Å². The molecule has 1 aliphatic heterocycles. The van der Waals surface area contributed by atoms with Gasteiger partial charge in [-0.15, -0.1) is 0 Å². The Hall–Kier alpha value is -1.40. The summed E-state index contributed by atoms with van der Waals surface area (Å²) >= 11 is 0. The molecule has 5 aliphatic rings. The second kappa shape index (κ2) is 6.64. The highest BCUT2D eigenvalue weighted by Crippen LogP contribution is 2.53. The monoisotopic (exact) mass is 359 g/mol. The molecule has 6 heteroatoms. The Morgan fingerprint density at radius 3 is 2.46 bits per heavy atom. The summed E-state index contributed by atoms with van der Waals surface area (Å²) in [5.41, 5.74) is 0.408. The molecule has 0 aromatic carbocycles. The number of hydrogen-bond donors (Lipinski definition) is 2. The first-order valence-electron chi connectivity index (χ1n) is 10.3. The molecule has 2 N–H and O–H groups in total. The van der Waals surface area contributed by atoms with Crippen LogP contribution in [-0.4, -0.2) is 46.3 Å². The number of nitrogens with one attached hydrogen (secondary N) is 1. The lowest BCUT2D eigenvalue weighted by atomic mass is 9.54.